The highest BCUT2D eigenvalue weighted by Gasteiger charge is 2.19. The Labute approximate surface area is 105 Å². The summed E-state index contributed by atoms with van der Waals surface area (Å²) in [4.78, 5) is 11.0. The van der Waals surface area contributed by atoms with Crippen molar-refractivity contribution in [2.24, 2.45) is 0 Å². The van der Waals surface area contributed by atoms with Crippen LogP contribution >= 0.6 is 11.6 Å². The third kappa shape index (κ3) is 3.35. The third-order valence-corrected chi connectivity index (χ3v) is 3.12. The Balaban J connectivity index is 1.78. The molecule has 1 heterocycles. The summed E-state index contributed by atoms with van der Waals surface area (Å²) in [5.41, 5.74) is 1.01. The van der Waals surface area contributed by atoms with E-state index in [0.717, 1.165) is 18.5 Å². The summed E-state index contributed by atoms with van der Waals surface area (Å²) in [6.07, 6.45) is 1.51. The summed E-state index contributed by atoms with van der Waals surface area (Å²) < 4.78 is 0. The number of benzene rings is 1. The van der Waals surface area contributed by atoms with Crippen molar-refractivity contribution in [2.45, 2.75) is 25.4 Å². The zero-order valence-electron chi connectivity index (χ0n) is 9.37. The molecule has 1 amide bonds. The first-order valence-electron chi connectivity index (χ1n) is 5.62. The molecular weight excluding hydrogens is 240 g/mol. The SMILES string of the molecule is O=C1CCC(CNCc2ccc(O)c(Cl)c2)N1. The van der Waals surface area contributed by atoms with Crippen molar-refractivity contribution >= 4 is 17.5 Å². The fraction of sp³-hybridized carbons (Fsp3) is 0.417. The molecule has 1 unspecified atom stereocenters. The molecular formula is C12H15ClN2O2. The number of carbonyl (C=O) groups is 1. The smallest absolute Gasteiger partial charge is 0.220 e. The predicted octanol–water partition coefficient (Wildman–Crippen LogP) is 1.41. The largest absolute Gasteiger partial charge is 0.506 e. The van der Waals surface area contributed by atoms with Gasteiger partial charge >= 0.3 is 0 Å². The molecule has 0 spiro atoms. The number of phenols is 1. The van der Waals surface area contributed by atoms with Gasteiger partial charge in [-0.2, -0.15) is 0 Å². The molecule has 3 N–H and O–H groups in total. The standard InChI is InChI=1S/C12H15ClN2O2/c13-10-5-8(1-3-11(10)16)6-14-7-9-2-4-12(17)15-9/h1,3,5,9,14,16H,2,4,6-7H2,(H,15,17). The van der Waals surface area contributed by atoms with Gasteiger partial charge in [0.2, 0.25) is 5.91 Å². The van der Waals surface area contributed by atoms with Gasteiger partial charge in [0.25, 0.3) is 0 Å². The van der Waals surface area contributed by atoms with Crippen LogP contribution in [-0.4, -0.2) is 23.6 Å². The number of hydrogen-bond acceptors (Lipinski definition) is 3. The van der Waals surface area contributed by atoms with Gasteiger partial charge in [0, 0.05) is 25.6 Å². The van der Waals surface area contributed by atoms with Crippen molar-refractivity contribution in [3.05, 3.63) is 28.8 Å². The minimum Gasteiger partial charge on any atom is -0.506 e. The highest BCUT2D eigenvalue weighted by molar-refractivity contribution is 6.32. The molecule has 1 aliphatic heterocycles. The Morgan fingerprint density at radius 1 is 1.53 bits per heavy atom. The average Bonchev–Trinajstić information content (AvgIpc) is 2.70. The van der Waals surface area contributed by atoms with Gasteiger partial charge in [-0.05, 0) is 24.1 Å². The van der Waals surface area contributed by atoms with Crippen molar-refractivity contribution in [1.82, 2.24) is 10.6 Å². The van der Waals surface area contributed by atoms with E-state index in [2.05, 4.69) is 10.6 Å². The highest BCUT2D eigenvalue weighted by Crippen LogP contribution is 2.23. The number of carbonyl (C=O) groups excluding carboxylic acids is 1. The van der Waals surface area contributed by atoms with Crippen LogP contribution in [0.25, 0.3) is 0 Å². The van der Waals surface area contributed by atoms with Gasteiger partial charge in [-0.15, -0.1) is 0 Å². The van der Waals surface area contributed by atoms with Crippen LogP contribution in [0.5, 0.6) is 5.75 Å². The predicted molar refractivity (Wildman–Crippen MR) is 66.0 cm³/mol. The topological polar surface area (TPSA) is 61.4 Å². The quantitative estimate of drug-likeness (QED) is 0.762. The minimum absolute atomic E-state index is 0.0958. The second-order valence-electron chi connectivity index (χ2n) is 4.22. The number of halogens is 1. The molecule has 2 rings (SSSR count). The molecule has 0 saturated carbocycles. The van der Waals surface area contributed by atoms with Gasteiger partial charge in [0.1, 0.15) is 5.75 Å². The maximum Gasteiger partial charge on any atom is 0.220 e. The first-order chi connectivity index (χ1) is 8.15. The third-order valence-electron chi connectivity index (χ3n) is 2.82. The molecule has 92 valence electrons. The Morgan fingerprint density at radius 2 is 2.35 bits per heavy atom. The van der Waals surface area contributed by atoms with E-state index in [9.17, 15) is 9.90 Å². The fourth-order valence-electron chi connectivity index (χ4n) is 1.88. The van der Waals surface area contributed by atoms with Gasteiger partial charge in [-0.25, -0.2) is 0 Å². The fourth-order valence-corrected chi connectivity index (χ4v) is 2.08. The molecule has 5 heteroatoms. The summed E-state index contributed by atoms with van der Waals surface area (Å²) in [5, 5.41) is 15.8. The monoisotopic (exact) mass is 254 g/mol. The second kappa shape index (κ2) is 5.38. The number of aromatic hydroxyl groups is 1. The van der Waals surface area contributed by atoms with Gasteiger partial charge < -0.3 is 15.7 Å². The number of amides is 1. The lowest BCUT2D eigenvalue weighted by Crippen LogP contribution is -2.35. The molecule has 17 heavy (non-hydrogen) atoms. The van der Waals surface area contributed by atoms with E-state index >= 15 is 0 Å². The summed E-state index contributed by atoms with van der Waals surface area (Å²) >= 11 is 5.80. The van der Waals surface area contributed by atoms with Crippen molar-refractivity contribution in [2.75, 3.05) is 6.54 Å². The van der Waals surface area contributed by atoms with Crippen molar-refractivity contribution in [3.8, 4) is 5.75 Å². The van der Waals surface area contributed by atoms with E-state index in [-0.39, 0.29) is 17.7 Å². The van der Waals surface area contributed by atoms with E-state index in [0.29, 0.717) is 18.0 Å². The van der Waals surface area contributed by atoms with Crippen LogP contribution in [0.4, 0.5) is 0 Å². The van der Waals surface area contributed by atoms with Crippen LogP contribution in [0.3, 0.4) is 0 Å². The highest BCUT2D eigenvalue weighted by atomic mass is 35.5. The second-order valence-corrected chi connectivity index (χ2v) is 4.63. The minimum atomic E-state index is 0.0958. The zero-order valence-corrected chi connectivity index (χ0v) is 10.1. The average molecular weight is 255 g/mol. The first kappa shape index (κ1) is 12.2. The Morgan fingerprint density at radius 3 is 3.00 bits per heavy atom. The van der Waals surface area contributed by atoms with Crippen LogP contribution in [0.1, 0.15) is 18.4 Å². The molecule has 4 nitrogen and oxygen atoms in total. The van der Waals surface area contributed by atoms with Crippen LogP contribution in [0, 0.1) is 0 Å². The summed E-state index contributed by atoms with van der Waals surface area (Å²) in [7, 11) is 0. The molecule has 0 radical (unpaired) electrons. The number of nitrogens with one attached hydrogen (secondary N) is 2. The molecule has 1 aromatic carbocycles. The number of rotatable bonds is 4. The van der Waals surface area contributed by atoms with E-state index < -0.39 is 0 Å². The lowest BCUT2D eigenvalue weighted by molar-refractivity contribution is -0.119. The van der Waals surface area contributed by atoms with E-state index in [1.807, 2.05) is 6.07 Å². The Kier molecular flexibility index (Phi) is 3.86. The zero-order chi connectivity index (χ0) is 12.3. The number of phenolic OH excluding ortho intramolecular Hbond substituents is 1. The van der Waals surface area contributed by atoms with Gasteiger partial charge in [-0.1, -0.05) is 17.7 Å². The summed E-state index contributed by atoms with van der Waals surface area (Å²) in [6, 6.07) is 5.37. The van der Waals surface area contributed by atoms with E-state index in [1.54, 1.807) is 12.1 Å². The van der Waals surface area contributed by atoms with Crippen LogP contribution in [-0.2, 0) is 11.3 Å². The van der Waals surface area contributed by atoms with E-state index in [4.69, 9.17) is 11.6 Å². The summed E-state index contributed by atoms with van der Waals surface area (Å²) in [6.45, 7) is 1.43. The van der Waals surface area contributed by atoms with E-state index in [1.165, 1.54) is 0 Å². The first-order valence-corrected chi connectivity index (χ1v) is 6.00. The Hall–Kier alpha value is -1.26. The molecule has 1 aromatic rings. The van der Waals surface area contributed by atoms with Crippen molar-refractivity contribution in [1.29, 1.82) is 0 Å². The molecule has 1 fully saturated rings. The van der Waals surface area contributed by atoms with Gasteiger partial charge in [0.15, 0.2) is 0 Å². The van der Waals surface area contributed by atoms with Crippen LogP contribution < -0.4 is 10.6 Å². The molecule has 0 aromatic heterocycles. The maximum atomic E-state index is 11.0. The van der Waals surface area contributed by atoms with Crippen molar-refractivity contribution in [3.63, 3.8) is 0 Å². The molecule has 0 bridgehead atoms. The molecule has 1 saturated heterocycles. The van der Waals surface area contributed by atoms with Crippen molar-refractivity contribution < 1.29 is 9.90 Å². The molecule has 1 aliphatic rings. The molecule has 1 atom stereocenters. The number of hydrogen-bond donors (Lipinski definition) is 3. The Bertz CT molecular complexity index is 423. The lowest BCUT2D eigenvalue weighted by Gasteiger charge is -2.11. The van der Waals surface area contributed by atoms with Crippen LogP contribution in [0.15, 0.2) is 18.2 Å². The molecule has 0 aliphatic carbocycles. The normalized spacial score (nSPS) is 19.4. The lowest BCUT2D eigenvalue weighted by atomic mass is 10.2. The van der Waals surface area contributed by atoms with Gasteiger partial charge in [-0.3, -0.25) is 4.79 Å². The van der Waals surface area contributed by atoms with Gasteiger partial charge in [0.05, 0.1) is 5.02 Å². The van der Waals surface area contributed by atoms with Crippen LogP contribution in [0.2, 0.25) is 5.02 Å². The summed E-state index contributed by atoms with van der Waals surface area (Å²) in [5.74, 6) is 0.225. The maximum absolute atomic E-state index is 11.0.